The van der Waals surface area contributed by atoms with Gasteiger partial charge in [-0.3, -0.25) is 4.79 Å². The Morgan fingerprint density at radius 1 is 1.38 bits per heavy atom. The molecule has 2 N–H and O–H groups in total. The zero-order chi connectivity index (χ0) is 22.9. The molecule has 1 atom stereocenters. The number of carbonyl (C=O) groups is 1. The van der Waals surface area contributed by atoms with E-state index in [-0.39, 0.29) is 24.1 Å². The minimum Gasteiger partial charge on any atom is -0.376 e. The number of aryl methyl sites for hydroxylation is 1. The standard InChI is InChI=1S/C23H32N6O2S/c1-15-8-6-9-16(12-15)19-20(26-23(2,3)4)29-21(25-19)32-22(27-29)28(5)14-18(30)24-13-17-10-7-11-31-17/h6,8-9,12,17,26H,7,10-11,13-14H2,1-5H3,(H,24,30). The van der Waals surface area contributed by atoms with Crippen molar-refractivity contribution in [1.29, 1.82) is 0 Å². The van der Waals surface area contributed by atoms with Crippen molar-refractivity contribution in [2.45, 2.75) is 52.2 Å². The van der Waals surface area contributed by atoms with E-state index in [2.05, 4.69) is 56.5 Å². The molecule has 0 aliphatic carbocycles. The third-order valence-corrected chi connectivity index (χ3v) is 6.26. The summed E-state index contributed by atoms with van der Waals surface area (Å²) in [6, 6.07) is 8.32. The molecule has 0 spiro atoms. The summed E-state index contributed by atoms with van der Waals surface area (Å²) >= 11 is 1.47. The fourth-order valence-electron chi connectivity index (χ4n) is 3.73. The van der Waals surface area contributed by atoms with Gasteiger partial charge in [0.05, 0.1) is 12.6 Å². The number of amides is 1. The van der Waals surface area contributed by atoms with Crippen LogP contribution in [-0.2, 0) is 9.53 Å². The van der Waals surface area contributed by atoms with Crippen LogP contribution in [0.25, 0.3) is 16.2 Å². The molecule has 1 aromatic carbocycles. The van der Waals surface area contributed by atoms with Crippen molar-refractivity contribution >= 4 is 33.2 Å². The van der Waals surface area contributed by atoms with Gasteiger partial charge in [-0.15, -0.1) is 5.10 Å². The van der Waals surface area contributed by atoms with Crippen LogP contribution in [0.3, 0.4) is 0 Å². The number of fused-ring (bicyclic) bond motifs is 1. The minimum absolute atomic E-state index is 0.0377. The van der Waals surface area contributed by atoms with Crippen LogP contribution in [0.2, 0.25) is 0 Å². The van der Waals surface area contributed by atoms with E-state index in [0.29, 0.717) is 6.54 Å². The Balaban J connectivity index is 1.55. The number of likely N-dealkylation sites (N-methyl/N-ethyl adjacent to an activating group) is 1. The number of hydrogen-bond acceptors (Lipinski definition) is 7. The summed E-state index contributed by atoms with van der Waals surface area (Å²) in [6.45, 7) is 10.0. The molecule has 3 heterocycles. The monoisotopic (exact) mass is 456 g/mol. The van der Waals surface area contributed by atoms with Crippen molar-refractivity contribution in [1.82, 2.24) is 19.9 Å². The molecule has 1 aliphatic rings. The highest BCUT2D eigenvalue weighted by molar-refractivity contribution is 7.20. The number of imidazole rings is 1. The summed E-state index contributed by atoms with van der Waals surface area (Å²) in [6.07, 6.45) is 2.21. The smallest absolute Gasteiger partial charge is 0.239 e. The summed E-state index contributed by atoms with van der Waals surface area (Å²) in [4.78, 5) is 19.9. The Bertz CT molecular complexity index is 1090. The number of carbonyl (C=O) groups excluding carboxylic acids is 1. The van der Waals surface area contributed by atoms with Gasteiger partial charge in [0, 0.05) is 31.3 Å². The van der Waals surface area contributed by atoms with Crippen molar-refractivity contribution in [3.8, 4) is 11.3 Å². The molecule has 172 valence electrons. The number of anilines is 2. The number of hydrogen-bond donors (Lipinski definition) is 2. The molecule has 1 saturated heterocycles. The Hall–Kier alpha value is -2.65. The van der Waals surface area contributed by atoms with Crippen LogP contribution in [0.5, 0.6) is 0 Å². The van der Waals surface area contributed by atoms with Gasteiger partial charge in [-0.1, -0.05) is 35.1 Å². The fraction of sp³-hybridized carbons (Fsp3) is 0.522. The van der Waals surface area contributed by atoms with Gasteiger partial charge < -0.3 is 20.3 Å². The van der Waals surface area contributed by atoms with Crippen LogP contribution in [-0.4, -0.2) is 58.9 Å². The van der Waals surface area contributed by atoms with E-state index in [1.165, 1.54) is 16.9 Å². The zero-order valence-corrected chi connectivity index (χ0v) is 20.3. The van der Waals surface area contributed by atoms with E-state index in [1.54, 1.807) is 0 Å². The first-order valence-corrected chi connectivity index (χ1v) is 11.9. The minimum atomic E-state index is -0.160. The van der Waals surface area contributed by atoms with Gasteiger partial charge in [-0.2, -0.15) is 4.52 Å². The Morgan fingerprint density at radius 3 is 2.88 bits per heavy atom. The van der Waals surface area contributed by atoms with Crippen LogP contribution < -0.4 is 15.5 Å². The van der Waals surface area contributed by atoms with Crippen LogP contribution in [0, 0.1) is 6.92 Å². The van der Waals surface area contributed by atoms with Crippen LogP contribution >= 0.6 is 11.3 Å². The molecule has 0 bridgehead atoms. The lowest BCUT2D eigenvalue weighted by molar-refractivity contribution is -0.120. The van der Waals surface area contributed by atoms with E-state index in [1.807, 2.05) is 22.5 Å². The van der Waals surface area contributed by atoms with Crippen LogP contribution in [0.1, 0.15) is 39.2 Å². The molecule has 1 amide bonds. The highest BCUT2D eigenvalue weighted by Gasteiger charge is 2.24. The largest absolute Gasteiger partial charge is 0.376 e. The zero-order valence-electron chi connectivity index (χ0n) is 19.4. The second-order valence-corrected chi connectivity index (χ2v) is 10.4. The summed E-state index contributed by atoms with van der Waals surface area (Å²) < 4.78 is 7.42. The molecule has 8 nitrogen and oxygen atoms in total. The topological polar surface area (TPSA) is 83.8 Å². The van der Waals surface area contributed by atoms with E-state index >= 15 is 0 Å². The first-order valence-electron chi connectivity index (χ1n) is 11.0. The molecule has 2 aromatic heterocycles. The summed E-state index contributed by atoms with van der Waals surface area (Å²) in [7, 11) is 1.88. The number of ether oxygens (including phenoxy) is 1. The van der Waals surface area contributed by atoms with Gasteiger partial charge in [0.2, 0.25) is 16.0 Å². The Morgan fingerprint density at radius 2 is 2.19 bits per heavy atom. The molecule has 0 saturated carbocycles. The fourth-order valence-corrected chi connectivity index (χ4v) is 4.59. The number of nitrogens with one attached hydrogen (secondary N) is 2. The second-order valence-electron chi connectivity index (χ2n) is 9.43. The highest BCUT2D eigenvalue weighted by Crippen LogP contribution is 2.34. The quantitative estimate of drug-likeness (QED) is 0.564. The summed E-state index contributed by atoms with van der Waals surface area (Å²) in [5.74, 6) is 0.821. The van der Waals surface area contributed by atoms with Gasteiger partial charge in [0.15, 0.2) is 5.82 Å². The first kappa shape index (κ1) is 22.5. The average Bonchev–Trinajstić information content (AvgIpc) is 3.43. The number of rotatable bonds is 7. The molecule has 1 aliphatic heterocycles. The molecule has 0 radical (unpaired) electrons. The second kappa shape index (κ2) is 9.07. The lowest BCUT2D eigenvalue weighted by atomic mass is 10.1. The molecule has 32 heavy (non-hydrogen) atoms. The Labute approximate surface area is 193 Å². The van der Waals surface area contributed by atoms with Gasteiger partial charge in [0.1, 0.15) is 5.69 Å². The normalized spacial score (nSPS) is 16.5. The maximum Gasteiger partial charge on any atom is 0.239 e. The number of benzene rings is 1. The van der Waals surface area contributed by atoms with Gasteiger partial charge in [0.25, 0.3) is 0 Å². The van der Waals surface area contributed by atoms with E-state index in [0.717, 1.165) is 46.6 Å². The number of aromatic nitrogens is 3. The molecular formula is C23H32N6O2S. The summed E-state index contributed by atoms with van der Waals surface area (Å²) in [5.41, 5.74) is 2.96. The van der Waals surface area contributed by atoms with Gasteiger partial charge in [-0.25, -0.2) is 4.98 Å². The van der Waals surface area contributed by atoms with Crippen LogP contribution in [0.4, 0.5) is 10.9 Å². The average molecular weight is 457 g/mol. The molecule has 3 aromatic rings. The maximum absolute atomic E-state index is 12.4. The maximum atomic E-state index is 12.4. The summed E-state index contributed by atoms with van der Waals surface area (Å²) in [5, 5.41) is 12.1. The number of nitrogens with zero attached hydrogens (tertiary/aromatic N) is 4. The SMILES string of the molecule is Cc1cccc(-c2nc3sc(N(C)CC(=O)NCC4CCCO4)nn3c2NC(C)(C)C)c1. The van der Waals surface area contributed by atoms with E-state index in [4.69, 9.17) is 14.8 Å². The predicted molar refractivity (Wildman–Crippen MR) is 130 cm³/mol. The van der Waals surface area contributed by atoms with Crippen molar-refractivity contribution in [2.75, 3.05) is 37.0 Å². The predicted octanol–water partition coefficient (Wildman–Crippen LogP) is 3.71. The van der Waals surface area contributed by atoms with Crippen molar-refractivity contribution in [3.63, 3.8) is 0 Å². The molecule has 1 fully saturated rings. The highest BCUT2D eigenvalue weighted by atomic mass is 32.1. The van der Waals surface area contributed by atoms with E-state index < -0.39 is 0 Å². The van der Waals surface area contributed by atoms with Gasteiger partial charge in [-0.05, 0) is 46.6 Å². The van der Waals surface area contributed by atoms with Crippen molar-refractivity contribution in [2.24, 2.45) is 0 Å². The molecule has 9 heteroatoms. The molecular weight excluding hydrogens is 424 g/mol. The van der Waals surface area contributed by atoms with Crippen LogP contribution in [0.15, 0.2) is 24.3 Å². The third-order valence-electron chi connectivity index (χ3n) is 5.24. The van der Waals surface area contributed by atoms with Crippen molar-refractivity contribution < 1.29 is 9.53 Å². The lowest BCUT2D eigenvalue weighted by Gasteiger charge is -2.22. The Kier molecular flexibility index (Phi) is 6.39. The molecule has 1 unspecified atom stereocenters. The third kappa shape index (κ3) is 5.21. The van der Waals surface area contributed by atoms with Crippen molar-refractivity contribution in [3.05, 3.63) is 29.8 Å². The van der Waals surface area contributed by atoms with Gasteiger partial charge >= 0.3 is 0 Å². The first-order chi connectivity index (χ1) is 15.2. The van der Waals surface area contributed by atoms with E-state index in [9.17, 15) is 4.79 Å². The molecule has 4 rings (SSSR count). The lowest BCUT2D eigenvalue weighted by Crippen LogP contribution is -2.38.